The molecule has 0 spiro atoms. The van der Waals surface area contributed by atoms with Crippen LogP contribution in [0.2, 0.25) is 0 Å². The summed E-state index contributed by atoms with van der Waals surface area (Å²) in [6, 6.07) is 29.2. The maximum absolute atomic E-state index is 6.16. The highest BCUT2D eigenvalue weighted by molar-refractivity contribution is 8.70. The average molecular weight is 667 g/mol. The molecule has 2 aliphatic heterocycles. The molecule has 6 nitrogen and oxygen atoms in total. The summed E-state index contributed by atoms with van der Waals surface area (Å²) in [5, 5.41) is 0. The van der Waals surface area contributed by atoms with Gasteiger partial charge in [-0.25, -0.2) is 0 Å². The molecule has 0 unspecified atom stereocenters. The van der Waals surface area contributed by atoms with Crippen LogP contribution in [0.4, 0.5) is 0 Å². The van der Waals surface area contributed by atoms with Crippen molar-refractivity contribution < 1.29 is 21.5 Å². The molecule has 2 saturated heterocycles. The van der Waals surface area contributed by atoms with Crippen molar-refractivity contribution in [1.29, 1.82) is 0 Å². The van der Waals surface area contributed by atoms with Crippen molar-refractivity contribution in [3.8, 4) is 0 Å². The Morgan fingerprint density at radius 3 is 1.31 bits per heavy atom. The van der Waals surface area contributed by atoms with Gasteiger partial charge in [0, 0.05) is 14.7 Å². The molecule has 0 bridgehead atoms. The van der Waals surface area contributed by atoms with E-state index in [0.717, 1.165) is 14.7 Å². The molecule has 0 aliphatic carbocycles. The van der Waals surface area contributed by atoms with Gasteiger partial charge in [0.05, 0.1) is 0 Å². The first-order valence-corrected chi connectivity index (χ1v) is 25.0. The van der Waals surface area contributed by atoms with Crippen LogP contribution < -0.4 is 0 Å². The molecule has 0 aromatic heterocycles. The van der Waals surface area contributed by atoms with Gasteiger partial charge in [-0.15, -0.1) is 0 Å². The Labute approximate surface area is 241 Å². The monoisotopic (exact) mass is 666 g/mol. The Morgan fingerprint density at radius 1 is 0.600 bits per heavy atom. The zero-order valence-electron chi connectivity index (χ0n) is 17.6. The molecular formula is C18H15Al2O6P3S6. The average Bonchev–Trinajstić information content (AvgIpc) is 2.79. The zero-order chi connectivity index (χ0) is 24.4. The maximum atomic E-state index is 6.16. The van der Waals surface area contributed by atoms with Gasteiger partial charge in [0.15, 0.2) is 0 Å². The van der Waals surface area contributed by atoms with Crippen LogP contribution in [-0.4, -0.2) is 30.3 Å². The van der Waals surface area contributed by atoms with Gasteiger partial charge >= 0.3 is 30.3 Å². The highest BCUT2D eigenvalue weighted by Crippen LogP contribution is 2.76. The first-order valence-electron chi connectivity index (χ1n) is 9.95. The molecule has 35 heavy (non-hydrogen) atoms. The molecule has 3 aromatic rings. The zero-order valence-corrected chi connectivity index (χ0v) is 27.4. The summed E-state index contributed by atoms with van der Waals surface area (Å²) < 4.78 is 36.3. The highest BCUT2D eigenvalue weighted by Gasteiger charge is 2.59. The summed E-state index contributed by atoms with van der Waals surface area (Å²) in [6.45, 7) is 0. The quantitative estimate of drug-likeness (QED) is 0.155. The molecule has 0 amide bonds. The molecule has 5 rings (SSSR count). The summed E-state index contributed by atoms with van der Waals surface area (Å²) in [4.78, 5) is 2.89. The van der Waals surface area contributed by atoms with Gasteiger partial charge in [0.25, 0.3) is 0 Å². The Hall–Kier alpha value is 1.48. The highest BCUT2D eigenvalue weighted by atomic mass is 32.9. The lowest BCUT2D eigenvalue weighted by Gasteiger charge is -2.39. The van der Waals surface area contributed by atoms with Gasteiger partial charge in [-0.3, -0.25) is 0 Å². The van der Waals surface area contributed by atoms with Crippen molar-refractivity contribution in [2.75, 3.05) is 0 Å². The van der Waals surface area contributed by atoms with E-state index in [-0.39, 0.29) is 0 Å². The smallest absolute Gasteiger partial charge is 0.399 e. The van der Waals surface area contributed by atoms with Gasteiger partial charge in [-0.2, -0.15) is 0 Å². The molecule has 0 radical (unpaired) electrons. The Balaban J connectivity index is 1.21. The minimum atomic E-state index is -2.96. The maximum Gasteiger partial charge on any atom is 0.923 e. The molecule has 180 valence electrons. The summed E-state index contributed by atoms with van der Waals surface area (Å²) >= 11 is 16.1. The van der Waals surface area contributed by atoms with Crippen LogP contribution in [0.25, 0.3) is 0 Å². The van der Waals surface area contributed by atoms with E-state index in [1.54, 1.807) is 0 Å². The normalized spacial score (nSPS) is 18.5. The second-order valence-electron chi connectivity index (χ2n) is 6.76. The van der Waals surface area contributed by atoms with Crippen LogP contribution in [-0.2, 0) is 56.9 Å². The summed E-state index contributed by atoms with van der Waals surface area (Å²) in [6.07, 6.45) is 0. The van der Waals surface area contributed by atoms with E-state index in [1.807, 2.05) is 91.0 Å². The summed E-state index contributed by atoms with van der Waals surface area (Å²) in [5.41, 5.74) is -7.96. The predicted octanol–water partition coefficient (Wildman–Crippen LogP) is 8.13. The van der Waals surface area contributed by atoms with Crippen LogP contribution in [0, 0.1) is 0 Å². The van der Waals surface area contributed by atoms with Gasteiger partial charge in [0.2, 0.25) is 17.1 Å². The van der Waals surface area contributed by atoms with Gasteiger partial charge in [-0.05, 0) is 106 Å². The van der Waals surface area contributed by atoms with E-state index in [9.17, 15) is 0 Å². The molecule has 0 N–H and O–H groups in total. The molecule has 3 aromatic carbocycles. The third-order valence-electron chi connectivity index (χ3n) is 4.17. The fraction of sp³-hybridized carbons (Fsp3) is 0. The lowest BCUT2D eigenvalue weighted by atomic mass is 10.4. The molecule has 2 heterocycles. The standard InChI is InChI=1S/3C6H7O2PS2.2Al/c3*7-9(8,10)11-6-4-2-1-3-5-6;;/h3*1-5H,(H2,7,8,10);;/q;;;2*+3/p-6. The lowest BCUT2D eigenvalue weighted by Crippen LogP contribution is -2.35. The van der Waals surface area contributed by atoms with Crippen LogP contribution in [0.1, 0.15) is 0 Å². The van der Waals surface area contributed by atoms with E-state index in [4.69, 9.17) is 56.9 Å². The first kappa shape index (κ1) is 28.0. The molecule has 0 atom stereocenters. The van der Waals surface area contributed by atoms with Crippen LogP contribution in [0.3, 0.4) is 0 Å². The topological polar surface area (TPSA) is 55.4 Å². The van der Waals surface area contributed by atoms with Crippen LogP contribution in [0.5, 0.6) is 0 Å². The second-order valence-corrected chi connectivity index (χ2v) is 30.0. The number of benzene rings is 3. The number of rotatable bonds is 10. The predicted molar refractivity (Wildman–Crippen MR) is 158 cm³/mol. The minimum Gasteiger partial charge on any atom is -0.399 e. The fourth-order valence-electron chi connectivity index (χ4n) is 2.71. The van der Waals surface area contributed by atoms with Crippen LogP contribution in [0.15, 0.2) is 106 Å². The van der Waals surface area contributed by atoms with Gasteiger partial charge in [-0.1, -0.05) is 54.6 Å². The second kappa shape index (κ2) is 12.3. The lowest BCUT2D eigenvalue weighted by molar-refractivity contribution is 0.236. The largest absolute Gasteiger partial charge is 0.923 e. The van der Waals surface area contributed by atoms with Crippen molar-refractivity contribution in [3.05, 3.63) is 91.0 Å². The number of hydrogen-bond acceptors (Lipinski definition) is 12. The first-order chi connectivity index (χ1) is 16.8. The SMILES string of the molecule is S=P1(Sc2ccccc2)[O][Al]([O]P(=S)([O][Al]2[O]P(=S)(Sc3ccccc3)[O]2)Sc2ccccc2)[O]1. The molecular weight excluding hydrogens is 651 g/mol. The van der Waals surface area contributed by atoms with Crippen molar-refractivity contribution >= 4 is 117 Å². The minimum absolute atomic E-state index is 0.911. The Bertz CT molecular complexity index is 1210. The van der Waals surface area contributed by atoms with E-state index < -0.39 is 47.4 Å². The summed E-state index contributed by atoms with van der Waals surface area (Å²) in [5.74, 6) is 0. The van der Waals surface area contributed by atoms with E-state index >= 15 is 0 Å². The third kappa shape index (κ3) is 8.01. The van der Waals surface area contributed by atoms with Crippen molar-refractivity contribution in [2.24, 2.45) is 0 Å². The van der Waals surface area contributed by atoms with Crippen LogP contribution >= 0.6 is 51.2 Å². The van der Waals surface area contributed by atoms with E-state index in [0.29, 0.717) is 0 Å². The van der Waals surface area contributed by atoms with Gasteiger partial charge < -0.3 is 21.5 Å². The molecule has 2 aliphatic rings. The van der Waals surface area contributed by atoms with Crippen molar-refractivity contribution in [3.63, 3.8) is 0 Å². The van der Waals surface area contributed by atoms with E-state index in [2.05, 4.69) is 0 Å². The Morgan fingerprint density at radius 2 is 0.943 bits per heavy atom. The van der Waals surface area contributed by atoms with Gasteiger partial charge in [0.1, 0.15) is 0 Å². The number of hydrogen-bond donors (Lipinski definition) is 0. The third-order valence-corrected chi connectivity index (χ3v) is 31.8. The molecule has 2 fully saturated rings. The molecule has 0 saturated carbocycles. The van der Waals surface area contributed by atoms with Crippen molar-refractivity contribution in [2.45, 2.75) is 14.7 Å². The van der Waals surface area contributed by atoms with E-state index in [1.165, 1.54) is 34.1 Å². The fourth-order valence-corrected chi connectivity index (χ4v) is 28.8. The molecule has 17 heteroatoms. The van der Waals surface area contributed by atoms with Crippen molar-refractivity contribution in [1.82, 2.24) is 0 Å². The Kier molecular flexibility index (Phi) is 9.88. The summed E-state index contributed by atoms with van der Waals surface area (Å²) in [7, 11) is 0.